The van der Waals surface area contributed by atoms with Gasteiger partial charge in [0.15, 0.2) is 0 Å². The highest BCUT2D eigenvalue weighted by Gasteiger charge is 2.34. The molecule has 8 heteroatoms. The highest BCUT2D eigenvalue weighted by Crippen LogP contribution is 2.34. The average molecular weight is 368 g/mol. The Kier molecular flexibility index (Phi) is 3.87. The summed E-state index contributed by atoms with van der Waals surface area (Å²) >= 11 is 7.34. The van der Waals surface area contributed by atoms with Gasteiger partial charge in [0, 0.05) is 10.6 Å². The minimum atomic E-state index is -0.361. The fraction of sp³-hybridized carbons (Fsp3) is 0. The summed E-state index contributed by atoms with van der Waals surface area (Å²) in [7, 11) is 0. The molecule has 0 atom stereocenters. The van der Waals surface area contributed by atoms with Gasteiger partial charge in [0.25, 0.3) is 5.91 Å². The number of hydrazone groups is 1. The van der Waals surface area contributed by atoms with Crippen LogP contribution in [-0.2, 0) is 4.79 Å². The molecule has 1 aromatic heterocycles. The third kappa shape index (κ3) is 2.73. The van der Waals surface area contributed by atoms with Crippen molar-refractivity contribution >= 4 is 49.9 Å². The SMILES string of the molecule is N=N/C=C1/C(=O)N(c2nc3ccc(Cl)cc3s2)N=C1c1ccccc1. The summed E-state index contributed by atoms with van der Waals surface area (Å²) in [6, 6.07) is 14.7. The number of anilines is 1. The molecule has 1 N–H and O–H groups in total. The number of halogens is 1. The second-order valence-corrected chi connectivity index (χ2v) is 6.66. The molecule has 1 aliphatic heterocycles. The van der Waals surface area contributed by atoms with Crippen LogP contribution in [0.1, 0.15) is 5.56 Å². The molecule has 0 radical (unpaired) electrons. The first-order chi connectivity index (χ1) is 12.2. The van der Waals surface area contributed by atoms with Crippen molar-refractivity contribution in [2.75, 3.05) is 5.01 Å². The largest absolute Gasteiger partial charge is 0.284 e. The first kappa shape index (κ1) is 15.6. The van der Waals surface area contributed by atoms with Crippen molar-refractivity contribution in [2.45, 2.75) is 0 Å². The summed E-state index contributed by atoms with van der Waals surface area (Å²) in [5.74, 6) is -0.361. The monoisotopic (exact) mass is 367 g/mol. The molecular formula is C17H10ClN5OS. The van der Waals surface area contributed by atoms with Gasteiger partial charge in [0.2, 0.25) is 5.13 Å². The van der Waals surface area contributed by atoms with Crippen molar-refractivity contribution in [1.29, 1.82) is 5.53 Å². The molecule has 25 heavy (non-hydrogen) atoms. The highest BCUT2D eigenvalue weighted by molar-refractivity contribution is 7.22. The molecule has 4 rings (SSSR count). The number of nitrogens with one attached hydrogen (secondary N) is 1. The van der Waals surface area contributed by atoms with E-state index in [4.69, 9.17) is 17.1 Å². The van der Waals surface area contributed by atoms with Gasteiger partial charge in [0.1, 0.15) is 5.71 Å². The maximum atomic E-state index is 12.8. The van der Waals surface area contributed by atoms with E-state index in [9.17, 15) is 4.79 Å². The van der Waals surface area contributed by atoms with E-state index in [-0.39, 0.29) is 11.5 Å². The van der Waals surface area contributed by atoms with E-state index in [1.165, 1.54) is 22.5 Å². The second-order valence-electron chi connectivity index (χ2n) is 5.21. The Morgan fingerprint density at radius 2 is 2.00 bits per heavy atom. The minimum Gasteiger partial charge on any atom is -0.266 e. The van der Waals surface area contributed by atoms with E-state index in [2.05, 4.69) is 15.2 Å². The van der Waals surface area contributed by atoms with Gasteiger partial charge in [-0.1, -0.05) is 53.3 Å². The number of rotatable bonds is 3. The summed E-state index contributed by atoms with van der Waals surface area (Å²) in [4.78, 5) is 17.2. The fourth-order valence-electron chi connectivity index (χ4n) is 2.51. The number of hydrogen-bond acceptors (Lipinski definition) is 6. The molecule has 2 aromatic carbocycles. The molecule has 0 spiro atoms. The second kappa shape index (κ2) is 6.19. The molecule has 3 aromatic rings. The summed E-state index contributed by atoms with van der Waals surface area (Å²) in [6.07, 6.45) is 1.21. The van der Waals surface area contributed by atoms with Crippen molar-refractivity contribution < 1.29 is 4.79 Å². The zero-order valence-corrected chi connectivity index (χ0v) is 14.3. The standard InChI is InChI=1S/C17H10ClN5OS/c18-11-6-7-13-14(8-11)25-17(21-13)23-16(24)12(9-20-19)15(22-23)10-4-2-1-3-5-10/h1-9,19H/b12-9+,20-19?. The van der Waals surface area contributed by atoms with Gasteiger partial charge in [-0.05, 0) is 18.2 Å². The quantitative estimate of drug-likeness (QED) is 0.541. The number of nitrogens with zero attached hydrogens (tertiary/aromatic N) is 4. The molecule has 0 bridgehead atoms. The van der Waals surface area contributed by atoms with Gasteiger partial charge in [-0.25, -0.2) is 10.5 Å². The normalized spacial score (nSPS) is 15.9. The first-order valence-electron chi connectivity index (χ1n) is 7.29. The number of thiazole rings is 1. The van der Waals surface area contributed by atoms with Crippen LogP contribution >= 0.6 is 22.9 Å². The minimum absolute atomic E-state index is 0.262. The number of hydrogen-bond donors (Lipinski definition) is 1. The Morgan fingerprint density at radius 1 is 1.20 bits per heavy atom. The third-order valence-electron chi connectivity index (χ3n) is 3.64. The van der Waals surface area contributed by atoms with Crippen molar-refractivity contribution in [3.8, 4) is 0 Å². The Hall–Kier alpha value is -2.90. The van der Waals surface area contributed by atoms with Crippen molar-refractivity contribution in [3.63, 3.8) is 0 Å². The molecule has 0 fully saturated rings. The number of carbonyl (C=O) groups is 1. The molecule has 122 valence electrons. The summed E-state index contributed by atoms with van der Waals surface area (Å²) in [5.41, 5.74) is 9.34. The van der Waals surface area contributed by atoms with Gasteiger partial charge in [-0.15, -0.1) is 0 Å². The van der Waals surface area contributed by atoms with Crippen LogP contribution in [0.2, 0.25) is 5.02 Å². The van der Waals surface area contributed by atoms with Crippen LogP contribution in [0.4, 0.5) is 5.13 Å². The molecule has 2 heterocycles. The van der Waals surface area contributed by atoms with Gasteiger partial charge >= 0.3 is 0 Å². The molecule has 0 aliphatic carbocycles. The van der Waals surface area contributed by atoms with E-state index >= 15 is 0 Å². The van der Waals surface area contributed by atoms with Gasteiger partial charge in [-0.2, -0.15) is 15.2 Å². The number of carbonyl (C=O) groups excluding carboxylic acids is 1. The van der Waals surface area contributed by atoms with Gasteiger partial charge in [-0.3, -0.25) is 4.79 Å². The Bertz CT molecular complexity index is 1060. The summed E-state index contributed by atoms with van der Waals surface area (Å²) in [6.45, 7) is 0. The van der Waals surface area contributed by atoms with Crippen LogP contribution in [0.15, 0.2) is 70.5 Å². The Labute approximate surface area is 151 Å². The molecule has 0 unspecified atom stereocenters. The number of amides is 1. The highest BCUT2D eigenvalue weighted by atomic mass is 35.5. The summed E-state index contributed by atoms with van der Waals surface area (Å²) < 4.78 is 0.870. The van der Waals surface area contributed by atoms with E-state index in [1.54, 1.807) is 18.2 Å². The zero-order chi connectivity index (χ0) is 17.4. The molecule has 0 saturated carbocycles. The molecule has 1 amide bonds. The maximum absolute atomic E-state index is 12.8. The number of benzene rings is 2. The predicted molar refractivity (Wildman–Crippen MR) is 98.3 cm³/mol. The molecular weight excluding hydrogens is 358 g/mol. The third-order valence-corrected chi connectivity index (χ3v) is 4.87. The van der Waals surface area contributed by atoms with Gasteiger partial charge in [0.05, 0.1) is 22.0 Å². The van der Waals surface area contributed by atoms with E-state index < -0.39 is 0 Å². The topological polar surface area (TPSA) is 81.8 Å². The van der Waals surface area contributed by atoms with E-state index in [1.807, 2.05) is 30.3 Å². The lowest BCUT2D eigenvalue weighted by Crippen LogP contribution is -2.21. The van der Waals surface area contributed by atoms with Crippen LogP contribution in [0.5, 0.6) is 0 Å². The number of fused-ring (bicyclic) bond motifs is 1. The fourth-order valence-corrected chi connectivity index (χ4v) is 3.70. The van der Waals surface area contributed by atoms with Crippen LogP contribution in [0.3, 0.4) is 0 Å². The van der Waals surface area contributed by atoms with Crippen molar-refractivity contribution in [1.82, 2.24) is 4.98 Å². The molecule has 0 saturated heterocycles. The summed E-state index contributed by atoms with van der Waals surface area (Å²) in [5, 5.41) is 9.99. The maximum Gasteiger partial charge on any atom is 0.284 e. The van der Waals surface area contributed by atoms with E-state index in [0.29, 0.717) is 15.9 Å². The predicted octanol–water partition coefficient (Wildman–Crippen LogP) is 4.62. The zero-order valence-electron chi connectivity index (χ0n) is 12.7. The molecule has 1 aliphatic rings. The van der Waals surface area contributed by atoms with E-state index in [0.717, 1.165) is 15.8 Å². The number of aromatic nitrogens is 1. The van der Waals surface area contributed by atoms with Crippen LogP contribution in [0, 0.1) is 5.53 Å². The Morgan fingerprint density at radius 3 is 2.76 bits per heavy atom. The van der Waals surface area contributed by atoms with Crippen LogP contribution < -0.4 is 5.01 Å². The van der Waals surface area contributed by atoms with Gasteiger partial charge < -0.3 is 0 Å². The molecule has 6 nitrogen and oxygen atoms in total. The van der Waals surface area contributed by atoms with Crippen LogP contribution in [0.25, 0.3) is 10.2 Å². The van der Waals surface area contributed by atoms with Crippen LogP contribution in [-0.4, -0.2) is 16.6 Å². The lowest BCUT2D eigenvalue weighted by molar-refractivity contribution is -0.114. The lowest BCUT2D eigenvalue weighted by Gasteiger charge is -2.05. The first-order valence-corrected chi connectivity index (χ1v) is 8.48. The van der Waals surface area contributed by atoms with Crippen molar-refractivity contribution in [3.05, 3.63) is 70.9 Å². The lowest BCUT2D eigenvalue weighted by atomic mass is 10.0. The average Bonchev–Trinajstić information content (AvgIpc) is 3.17. The smallest absolute Gasteiger partial charge is 0.266 e. The van der Waals surface area contributed by atoms with Crippen molar-refractivity contribution in [2.24, 2.45) is 10.2 Å². The Balaban J connectivity index is 1.83.